The first-order valence-corrected chi connectivity index (χ1v) is 16.2. The van der Waals surface area contributed by atoms with Crippen LogP contribution in [0.5, 0.6) is 17.6 Å². The first kappa shape index (κ1) is 30.0. The van der Waals surface area contributed by atoms with Crippen LogP contribution in [0.1, 0.15) is 44.6 Å². The number of aromatic hydroxyl groups is 1. The number of anilines is 1. The number of benzene rings is 2. The van der Waals surface area contributed by atoms with Crippen molar-refractivity contribution in [2.24, 2.45) is 5.92 Å². The molecule has 244 valence electrons. The minimum Gasteiger partial charge on any atom is -0.508 e. The van der Waals surface area contributed by atoms with Gasteiger partial charge in [-0.15, -0.1) is 0 Å². The highest BCUT2D eigenvalue weighted by molar-refractivity contribution is 6.03. The van der Waals surface area contributed by atoms with Gasteiger partial charge in [-0.1, -0.05) is 13.0 Å². The van der Waals surface area contributed by atoms with Gasteiger partial charge in [0.25, 0.3) is 0 Å². The molecule has 5 heterocycles. The monoisotopic (exact) mass is 644 g/mol. The van der Waals surface area contributed by atoms with Gasteiger partial charge in [0.1, 0.15) is 53.4 Å². The normalized spacial score (nSPS) is 26.7. The molecule has 2 aromatic carbocycles. The number of fused-ring (bicyclic) bond motifs is 2. The lowest BCUT2D eigenvalue weighted by Crippen LogP contribution is -2.60. The van der Waals surface area contributed by atoms with Gasteiger partial charge < -0.3 is 24.3 Å². The van der Waals surface area contributed by atoms with E-state index >= 15 is 8.78 Å². The second-order valence-corrected chi connectivity index (χ2v) is 13.7. The molecule has 8 rings (SSSR count). The molecule has 4 aliphatic rings. The predicted molar refractivity (Wildman–Crippen MR) is 171 cm³/mol. The van der Waals surface area contributed by atoms with Gasteiger partial charge in [0, 0.05) is 31.5 Å². The standard InChI is InChI=1S/C35H35F3N6O3/c1-4-23-25(37)7-6-20-10-22(45)11-24(26(20)23)29-28(38)30-27-31(43(3)35(18-46-32(27)40-29)12-19(13-35)15-39-2)42-33(41-30)47-17-34-8-5-9-44(34)16-21(36)14-34/h6-7,10-11,19,21,45H,4-5,8-9,12-18H2,1,3H3/t19?,21-,34+,35?/m1/s1. The summed E-state index contributed by atoms with van der Waals surface area (Å²) in [5, 5.41) is 11.9. The first-order valence-electron chi connectivity index (χ1n) is 16.2. The number of hydrogen-bond donors (Lipinski definition) is 1. The van der Waals surface area contributed by atoms with Crippen molar-refractivity contribution >= 4 is 27.5 Å². The molecule has 9 nitrogen and oxygen atoms in total. The molecule has 1 aliphatic carbocycles. The predicted octanol–water partition coefficient (Wildman–Crippen LogP) is 6.24. The molecule has 12 heteroatoms. The van der Waals surface area contributed by atoms with E-state index in [-0.39, 0.29) is 58.9 Å². The number of rotatable bonds is 6. The first-order chi connectivity index (χ1) is 22.6. The molecule has 47 heavy (non-hydrogen) atoms. The zero-order chi connectivity index (χ0) is 32.7. The molecule has 2 saturated heterocycles. The third-order valence-corrected chi connectivity index (χ3v) is 10.9. The molecular formula is C35H35F3N6O3. The van der Waals surface area contributed by atoms with E-state index in [0.717, 1.165) is 19.4 Å². The summed E-state index contributed by atoms with van der Waals surface area (Å²) in [4.78, 5) is 21.8. The fourth-order valence-electron chi connectivity index (χ4n) is 8.56. The maximum Gasteiger partial charge on any atom is 0.319 e. The van der Waals surface area contributed by atoms with Crippen molar-refractivity contribution in [2.75, 3.05) is 44.8 Å². The molecule has 0 unspecified atom stereocenters. The third-order valence-electron chi connectivity index (χ3n) is 10.9. The molecule has 3 aliphatic heterocycles. The number of hydrogen-bond acceptors (Lipinski definition) is 8. The lowest BCUT2D eigenvalue weighted by molar-refractivity contribution is 0.0882. The Labute approximate surface area is 270 Å². The fraction of sp³-hybridized carbons (Fsp3) is 0.486. The average molecular weight is 645 g/mol. The molecule has 1 spiro atoms. The molecule has 0 bridgehead atoms. The Morgan fingerprint density at radius 1 is 1.15 bits per heavy atom. The topological polar surface area (TPSA) is 88.2 Å². The van der Waals surface area contributed by atoms with Crippen molar-refractivity contribution in [3.63, 3.8) is 0 Å². The van der Waals surface area contributed by atoms with Crippen LogP contribution >= 0.6 is 0 Å². The van der Waals surface area contributed by atoms with Crippen LogP contribution in [0.3, 0.4) is 0 Å². The van der Waals surface area contributed by atoms with E-state index in [0.29, 0.717) is 60.9 Å². The number of pyridine rings is 1. The Balaban J connectivity index is 1.31. The Morgan fingerprint density at radius 3 is 2.77 bits per heavy atom. The quantitative estimate of drug-likeness (QED) is 0.247. The van der Waals surface area contributed by atoms with Gasteiger partial charge in [0.05, 0.1) is 11.1 Å². The van der Waals surface area contributed by atoms with Gasteiger partial charge in [0.2, 0.25) is 12.4 Å². The molecular weight excluding hydrogens is 609 g/mol. The second kappa shape index (κ2) is 10.8. The molecule has 3 fully saturated rings. The lowest BCUT2D eigenvalue weighted by atomic mass is 9.67. The van der Waals surface area contributed by atoms with E-state index in [1.807, 2.05) is 18.9 Å². The zero-order valence-corrected chi connectivity index (χ0v) is 26.3. The zero-order valence-electron chi connectivity index (χ0n) is 26.3. The van der Waals surface area contributed by atoms with Crippen LogP contribution in [-0.4, -0.2) is 82.1 Å². The molecule has 2 aromatic heterocycles. The second-order valence-electron chi connectivity index (χ2n) is 13.7. The summed E-state index contributed by atoms with van der Waals surface area (Å²) in [5.74, 6) is -0.631. The number of halogens is 3. The van der Waals surface area contributed by atoms with E-state index < -0.39 is 28.9 Å². The molecule has 1 saturated carbocycles. The summed E-state index contributed by atoms with van der Waals surface area (Å²) in [5.41, 5.74) is -0.592. The van der Waals surface area contributed by atoms with Crippen molar-refractivity contribution in [2.45, 2.75) is 62.7 Å². The third kappa shape index (κ3) is 4.57. The van der Waals surface area contributed by atoms with E-state index in [9.17, 15) is 9.50 Å². The SMILES string of the molecule is [C-]#[N+]CC1CC2(COc3nc(-c4cc(O)cc5ccc(F)c(CC)c45)c(F)c4nc(OC[C@@]56CCCN5C[C@H](F)C6)nc(c34)N2C)C1. The van der Waals surface area contributed by atoms with Crippen LogP contribution in [0.2, 0.25) is 0 Å². The average Bonchev–Trinajstić information content (AvgIpc) is 3.53. The molecule has 4 aromatic rings. The van der Waals surface area contributed by atoms with Gasteiger partial charge in [-0.2, -0.15) is 9.97 Å². The van der Waals surface area contributed by atoms with Gasteiger partial charge in [0.15, 0.2) is 5.82 Å². The van der Waals surface area contributed by atoms with Crippen molar-refractivity contribution < 1.29 is 27.8 Å². The molecule has 2 atom stereocenters. The summed E-state index contributed by atoms with van der Waals surface area (Å²) < 4.78 is 59.2. The maximum absolute atomic E-state index is 17.0. The number of ether oxygens (including phenoxy) is 2. The lowest BCUT2D eigenvalue weighted by Gasteiger charge is -2.50. The van der Waals surface area contributed by atoms with Gasteiger partial charge in [-0.3, -0.25) is 4.90 Å². The number of phenols is 1. The summed E-state index contributed by atoms with van der Waals surface area (Å²) in [7, 11) is 1.88. The largest absolute Gasteiger partial charge is 0.508 e. The summed E-state index contributed by atoms with van der Waals surface area (Å²) in [6.45, 7) is 11.1. The minimum atomic E-state index is -0.935. The Bertz CT molecular complexity index is 1980. The molecule has 0 amide bonds. The minimum absolute atomic E-state index is 0.0416. The van der Waals surface area contributed by atoms with Crippen LogP contribution in [-0.2, 0) is 6.42 Å². The van der Waals surface area contributed by atoms with Crippen molar-refractivity contribution in [1.29, 1.82) is 0 Å². The Morgan fingerprint density at radius 2 is 1.98 bits per heavy atom. The summed E-state index contributed by atoms with van der Waals surface area (Å²) in [6.07, 6.45) is 2.86. The maximum atomic E-state index is 17.0. The number of nitrogens with zero attached hydrogens (tertiary/aromatic N) is 6. The van der Waals surface area contributed by atoms with Crippen molar-refractivity contribution in [1.82, 2.24) is 19.9 Å². The number of phenolic OH excluding ortho intramolecular Hbond substituents is 1. The summed E-state index contributed by atoms with van der Waals surface area (Å²) in [6, 6.07) is 5.75. The van der Waals surface area contributed by atoms with Gasteiger partial charge in [-0.05, 0) is 73.2 Å². The number of aromatic nitrogens is 3. The van der Waals surface area contributed by atoms with Gasteiger partial charge in [-0.25, -0.2) is 24.7 Å². The van der Waals surface area contributed by atoms with Crippen LogP contribution in [0, 0.1) is 24.1 Å². The van der Waals surface area contributed by atoms with Crippen LogP contribution in [0.25, 0.3) is 37.8 Å². The highest BCUT2D eigenvalue weighted by Crippen LogP contribution is 2.50. The van der Waals surface area contributed by atoms with Crippen LogP contribution in [0.15, 0.2) is 24.3 Å². The highest BCUT2D eigenvalue weighted by atomic mass is 19.1. The summed E-state index contributed by atoms with van der Waals surface area (Å²) >= 11 is 0. The van der Waals surface area contributed by atoms with Crippen LogP contribution < -0.4 is 14.4 Å². The smallest absolute Gasteiger partial charge is 0.319 e. The Hall–Kier alpha value is -4.37. The van der Waals surface area contributed by atoms with Crippen molar-refractivity contribution in [3.05, 3.63) is 52.9 Å². The van der Waals surface area contributed by atoms with Gasteiger partial charge >= 0.3 is 6.01 Å². The molecule has 0 radical (unpaired) electrons. The number of alkyl halides is 1. The van der Waals surface area contributed by atoms with E-state index in [1.54, 1.807) is 6.07 Å². The number of aryl methyl sites for hydroxylation is 1. The fourth-order valence-corrected chi connectivity index (χ4v) is 8.56. The Kier molecular flexibility index (Phi) is 6.92. The number of likely N-dealkylation sites (N-methyl/N-ethyl adjacent to an activating group) is 1. The van der Waals surface area contributed by atoms with E-state index in [1.165, 1.54) is 18.2 Å². The van der Waals surface area contributed by atoms with Crippen molar-refractivity contribution in [3.8, 4) is 28.9 Å². The highest BCUT2D eigenvalue weighted by Gasteiger charge is 2.52. The van der Waals surface area contributed by atoms with E-state index in [4.69, 9.17) is 21.0 Å². The van der Waals surface area contributed by atoms with E-state index in [2.05, 4.69) is 19.7 Å². The van der Waals surface area contributed by atoms with Crippen LogP contribution in [0.4, 0.5) is 19.0 Å². The molecule has 1 N–H and O–H groups in total.